The molecule has 0 radical (unpaired) electrons. The summed E-state index contributed by atoms with van der Waals surface area (Å²) in [5.41, 5.74) is 1.47. The Kier molecular flexibility index (Phi) is 7.15. The number of imide groups is 2. The maximum atomic E-state index is 13.2. The fraction of sp³-hybridized carbons (Fsp3) is 0.0741. The normalized spacial score (nSPS) is 14.5. The lowest BCUT2D eigenvalue weighted by atomic mass is 10.1. The molecule has 0 spiro atoms. The highest BCUT2D eigenvalue weighted by Gasteiger charge is 2.37. The first-order chi connectivity index (χ1) is 17.0. The Hall–Kier alpha value is -4.54. The Bertz CT molecular complexity index is 1340. The topological polar surface area (TPSA) is 84.9 Å². The van der Waals surface area contributed by atoms with Crippen molar-refractivity contribution in [2.45, 2.75) is 6.61 Å². The first kappa shape index (κ1) is 23.6. The average molecular weight is 487 g/mol. The number of nitrogens with one attached hydrogen (secondary N) is 1. The van der Waals surface area contributed by atoms with E-state index in [-0.39, 0.29) is 17.9 Å². The van der Waals surface area contributed by atoms with Crippen LogP contribution in [0.15, 0.2) is 78.4 Å². The summed E-state index contributed by atoms with van der Waals surface area (Å²) in [6.45, 7) is 0.347. The number of nitrogens with zero attached hydrogens (tertiary/aromatic N) is 1. The molecule has 0 aliphatic carbocycles. The van der Waals surface area contributed by atoms with E-state index < -0.39 is 17.8 Å². The summed E-state index contributed by atoms with van der Waals surface area (Å²) in [5, 5.41) is 2.84. The average Bonchev–Trinajstić information content (AvgIpc) is 2.86. The number of para-hydroxylation sites is 1. The highest BCUT2D eigenvalue weighted by molar-refractivity contribution is 6.39. The van der Waals surface area contributed by atoms with Gasteiger partial charge in [-0.25, -0.2) is 9.69 Å². The number of carbonyl (C=O) groups is 3. The zero-order chi connectivity index (χ0) is 24.8. The van der Waals surface area contributed by atoms with Crippen molar-refractivity contribution in [1.29, 1.82) is 0 Å². The van der Waals surface area contributed by atoms with Crippen LogP contribution in [-0.2, 0) is 16.2 Å². The van der Waals surface area contributed by atoms with Crippen LogP contribution in [0.3, 0.4) is 0 Å². The number of amides is 4. The molecule has 1 N–H and O–H groups in total. The molecule has 1 aliphatic rings. The Balaban J connectivity index is 1.54. The van der Waals surface area contributed by atoms with Gasteiger partial charge in [-0.05, 0) is 54.1 Å². The number of halogens is 1. The van der Waals surface area contributed by atoms with Gasteiger partial charge in [0.05, 0.1) is 5.69 Å². The number of anilines is 1. The third-order valence-corrected chi connectivity index (χ3v) is 5.30. The SMILES string of the molecule is C#CCOc1ccccc1/C=C1\C(=O)NC(=O)N(c2ccc(OCc3ccc(Cl)cc3)cc2)C1=O. The molecular formula is C27H19ClN2O5. The minimum Gasteiger partial charge on any atom is -0.489 e. The van der Waals surface area contributed by atoms with Crippen molar-refractivity contribution in [2.24, 2.45) is 0 Å². The van der Waals surface area contributed by atoms with Crippen LogP contribution in [0.4, 0.5) is 10.5 Å². The Labute approximate surface area is 206 Å². The number of carbonyl (C=O) groups excluding carboxylic acids is 3. The number of terminal acetylenes is 1. The second-order valence-electron chi connectivity index (χ2n) is 7.40. The van der Waals surface area contributed by atoms with Gasteiger partial charge in [0.1, 0.15) is 30.3 Å². The van der Waals surface area contributed by atoms with E-state index in [1.54, 1.807) is 60.7 Å². The van der Waals surface area contributed by atoms with Gasteiger partial charge < -0.3 is 9.47 Å². The van der Waals surface area contributed by atoms with Crippen LogP contribution in [0.25, 0.3) is 6.08 Å². The molecular weight excluding hydrogens is 468 g/mol. The van der Waals surface area contributed by atoms with Crippen LogP contribution in [0, 0.1) is 12.3 Å². The van der Waals surface area contributed by atoms with Crippen LogP contribution in [-0.4, -0.2) is 24.5 Å². The van der Waals surface area contributed by atoms with E-state index >= 15 is 0 Å². The van der Waals surface area contributed by atoms with Crippen LogP contribution >= 0.6 is 11.6 Å². The van der Waals surface area contributed by atoms with Gasteiger partial charge in [0.2, 0.25) is 0 Å². The summed E-state index contributed by atoms with van der Waals surface area (Å²) >= 11 is 5.89. The standard InChI is InChI=1S/C27H19ClN2O5/c1-2-15-34-24-6-4-3-5-19(24)16-23-25(31)29-27(33)30(26(23)32)21-11-13-22(14-12-21)35-17-18-7-9-20(28)10-8-18/h1,3-14,16H,15,17H2,(H,29,31,33)/b23-16+. The van der Waals surface area contributed by atoms with Gasteiger partial charge in [0.25, 0.3) is 11.8 Å². The minimum absolute atomic E-state index is 0.0252. The maximum absolute atomic E-state index is 13.2. The summed E-state index contributed by atoms with van der Waals surface area (Å²) in [6, 6.07) is 19.6. The zero-order valence-corrected chi connectivity index (χ0v) is 19.1. The largest absolute Gasteiger partial charge is 0.489 e. The van der Waals surface area contributed by atoms with Gasteiger partial charge in [-0.3, -0.25) is 14.9 Å². The van der Waals surface area contributed by atoms with Gasteiger partial charge in [-0.15, -0.1) is 6.42 Å². The molecule has 0 saturated carbocycles. The minimum atomic E-state index is -0.844. The molecule has 35 heavy (non-hydrogen) atoms. The third kappa shape index (κ3) is 5.52. The van der Waals surface area contributed by atoms with Crippen molar-refractivity contribution in [3.05, 3.63) is 94.5 Å². The number of hydrogen-bond acceptors (Lipinski definition) is 5. The molecule has 1 fully saturated rings. The van der Waals surface area contributed by atoms with E-state index in [4.69, 9.17) is 27.5 Å². The number of barbiturate groups is 1. The Morgan fingerprint density at radius 3 is 2.37 bits per heavy atom. The van der Waals surface area contributed by atoms with E-state index in [1.165, 1.54) is 6.08 Å². The maximum Gasteiger partial charge on any atom is 0.335 e. The van der Waals surface area contributed by atoms with Crippen LogP contribution in [0.5, 0.6) is 11.5 Å². The van der Waals surface area contributed by atoms with Crippen LogP contribution < -0.4 is 19.7 Å². The molecule has 8 heteroatoms. The highest BCUT2D eigenvalue weighted by Crippen LogP contribution is 2.27. The van der Waals surface area contributed by atoms with Gasteiger partial charge in [0.15, 0.2) is 0 Å². The molecule has 1 saturated heterocycles. The van der Waals surface area contributed by atoms with Crippen LogP contribution in [0.2, 0.25) is 5.02 Å². The number of hydrogen-bond donors (Lipinski definition) is 1. The van der Waals surface area contributed by atoms with Crippen molar-refractivity contribution >= 4 is 41.2 Å². The highest BCUT2D eigenvalue weighted by atomic mass is 35.5. The molecule has 0 aromatic heterocycles. The number of rotatable bonds is 7. The van der Waals surface area contributed by atoms with Gasteiger partial charge in [0, 0.05) is 10.6 Å². The summed E-state index contributed by atoms with van der Waals surface area (Å²) in [6.07, 6.45) is 6.62. The van der Waals surface area contributed by atoms with E-state index in [2.05, 4.69) is 11.2 Å². The first-order valence-electron chi connectivity index (χ1n) is 10.5. The molecule has 4 rings (SSSR count). The van der Waals surface area contributed by atoms with Gasteiger partial charge in [-0.2, -0.15) is 0 Å². The number of urea groups is 1. The van der Waals surface area contributed by atoms with Gasteiger partial charge in [-0.1, -0.05) is 47.9 Å². The van der Waals surface area contributed by atoms with E-state index in [0.29, 0.717) is 28.7 Å². The molecule has 4 amide bonds. The summed E-state index contributed by atoms with van der Waals surface area (Å²) in [4.78, 5) is 39.0. The second kappa shape index (κ2) is 10.6. The molecule has 0 bridgehead atoms. The first-order valence-corrected chi connectivity index (χ1v) is 10.9. The Morgan fingerprint density at radius 1 is 0.943 bits per heavy atom. The van der Waals surface area contributed by atoms with Gasteiger partial charge >= 0.3 is 6.03 Å². The van der Waals surface area contributed by atoms with E-state index in [1.807, 2.05) is 12.1 Å². The molecule has 3 aromatic rings. The van der Waals surface area contributed by atoms with Crippen molar-refractivity contribution in [3.63, 3.8) is 0 Å². The lowest BCUT2D eigenvalue weighted by molar-refractivity contribution is -0.122. The second-order valence-corrected chi connectivity index (χ2v) is 7.83. The van der Waals surface area contributed by atoms with Crippen molar-refractivity contribution in [1.82, 2.24) is 5.32 Å². The van der Waals surface area contributed by atoms with Crippen molar-refractivity contribution < 1.29 is 23.9 Å². The molecule has 1 aliphatic heterocycles. The summed E-state index contributed by atoms with van der Waals surface area (Å²) in [7, 11) is 0. The predicted molar refractivity (Wildman–Crippen MR) is 132 cm³/mol. The zero-order valence-electron chi connectivity index (χ0n) is 18.4. The molecule has 3 aromatic carbocycles. The third-order valence-electron chi connectivity index (χ3n) is 5.05. The molecule has 7 nitrogen and oxygen atoms in total. The fourth-order valence-corrected chi connectivity index (χ4v) is 3.46. The molecule has 0 unspecified atom stereocenters. The monoisotopic (exact) mass is 486 g/mol. The number of ether oxygens (including phenoxy) is 2. The van der Waals surface area contributed by atoms with E-state index in [9.17, 15) is 14.4 Å². The number of benzene rings is 3. The Morgan fingerprint density at radius 2 is 1.66 bits per heavy atom. The quantitative estimate of drug-likeness (QED) is 0.300. The summed E-state index contributed by atoms with van der Waals surface area (Å²) < 4.78 is 11.2. The fourth-order valence-electron chi connectivity index (χ4n) is 3.34. The molecule has 0 atom stereocenters. The van der Waals surface area contributed by atoms with Crippen molar-refractivity contribution in [2.75, 3.05) is 11.5 Å². The van der Waals surface area contributed by atoms with E-state index in [0.717, 1.165) is 10.5 Å². The molecule has 174 valence electrons. The smallest absolute Gasteiger partial charge is 0.335 e. The lowest BCUT2D eigenvalue weighted by Gasteiger charge is -2.26. The summed E-state index contributed by atoms with van der Waals surface area (Å²) in [5.74, 6) is 1.75. The predicted octanol–water partition coefficient (Wildman–Crippen LogP) is 4.60. The van der Waals surface area contributed by atoms with Crippen LogP contribution in [0.1, 0.15) is 11.1 Å². The molecule has 1 heterocycles. The lowest BCUT2D eigenvalue weighted by Crippen LogP contribution is -2.54. The van der Waals surface area contributed by atoms with Crippen molar-refractivity contribution in [3.8, 4) is 23.8 Å².